The zero-order chi connectivity index (χ0) is 13.0. The molecule has 2 unspecified atom stereocenters. The Balaban J connectivity index is 0.00000180. The van der Waals surface area contributed by atoms with E-state index in [0.717, 1.165) is 43.7 Å². The number of furan rings is 1. The van der Waals surface area contributed by atoms with Gasteiger partial charge in [-0.2, -0.15) is 0 Å². The number of carbonyl (C=O) groups is 1. The highest BCUT2D eigenvalue weighted by atomic mass is 35.5. The first-order valence-corrected chi connectivity index (χ1v) is 6.74. The van der Waals surface area contributed by atoms with Crippen LogP contribution in [0.4, 0.5) is 0 Å². The molecule has 2 atom stereocenters. The van der Waals surface area contributed by atoms with Crippen molar-refractivity contribution in [1.29, 1.82) is 0 Å². The molecule has 1 aliphatic rings. The van der Waals surface area contributed by atoms with Gasteiger partial charge in [0.05, 0.1) is 6.04 Å². The summed E-state index contributed by atoms with van der Waals surface area (Å²) in [7, 11) is 0. The van der Waals surface area contributed by atoms with Crippen molar-refractivity contribution < 1.29 is 9.21 Å². The van der Waals surface area contributed by atoms with Crippen molar-refractivity contribution >= 4 is 18.3 Å². The van der Waals surface area contributed by atoms with Gasteiger partial charge < -0.3 is 15.1 Å². The van der Waals surface area contributed by atoms with Gasteiger partial charge in [0, 0.05) is 12.5 Å². The van der Waals surface area contributed by atoms with Crippen molar-refractivity contribution in [3.8, 4) is 0 Å². The smallest absolute Gasteiger partial charge is 0.237 e. The molecular formula is C14H23ClN2O2. The molecule has 1 aromatic heterocycles. The number of rotatable bonds is 5. The highest BCUT2D eigenvalue weighted by molar-refractivity contribution is 5.85. The maximum Gasteiger partial charge on any atom is 0.237 e. The van der Waals surface area contributed by atoms with E-state index in [1.807, 2.05) is 26.0 Å². The molecular weight excluding hydrogens is 264 g/mol. The van der Waals surface area contributed by atoms with Gasteiger partial charge in [-0.25, -0.2) is 0 Å². The molecule has 1 fully saturated rings. The fourth-order valence-electron chi connectivity index (χ4n) is 2.30. The molecule has 0 spiro atoms. The average molecular weight is 287 g/mol. The molecule has 0 aromatic carbocycles. The van der Waals surface area contributed by atoms with Crippen LogP contribution in [-0.2, 0) is 11.2 Å². The van der Waals surface area contributed by atoms with Gasteiger partial charge in [0.2, 0.25) is 5.91 Å². The zero-order valence-electron chi connectivity index (χ0n) is 11.6. The third-order valence-corrected chi connectivity index (χ3v) is 3.39. The molecule has 0 bridgehead atoms. The second-order valence-corrected chi connectivity index (χ2v) is 5.11. The Hall–Kier alpha value is -1.00. The van der Waals surface area contributed by atoms with Crippen molar-refractivity contribution in [1.82, 2.24) is 10.6 Å². The van der Waals surface area contributed by atoms with E-state index in [9.17, 15) is 4.79 Å². The molecule has 1 amide bonds. The largest absolute Gasteiger partial charge is 0.466 e. The Kier molecular flexibility index (Phi) is 6.38. The maximum atomic E-state index is 11.9. The van der Waals surface area contributed by atoms with Crippen LogP contribution in [-0.4, -0.2) is 24.5 Å². The van der Waals surface area contributed by atoms with Crippen molar-refractivity contribution in [3.63, 3.8) is 0 Å². The quantitative estimate of drug-likeness (QED) is 0.872. The lowest BCUT2D eigenvalue weighted by Gasteiger charge is -2.16. The lowest BCUT2D eigenvalue weighted by molar-refractivity contribution is -0.123. The Labute approximate surface area is 120 Å². The normalized spacial score (nSPS) is 19.8. The number of nitrogens with one attached hydrogen (secondary N) is 2. The van der Waals surface area contributed by atoms with E-state index >= 15 is 0 Å². The topological polar surface area (TPSA) is 54.3 Å². The van der Waals surface area contributed by atoms with Gasteiger partial charge in [-0.3, -0.25) is 4.79 Å². The number of hydrogen-bond donors (Lipinski definition) is 2. The first kappa shape index (κ1) is 16.1. The van der Waals surface area contributed by atoms with Crippen molar-refractivity contribution in [2.24, 2.45) is 0 Å². The molecule has 2 N–H and O–H groups in total. The third-order valence-electron chi connectivity index (χ3n) is 3.39. The number of carbonyl (C=O) groups excluding carboxylic acids is 1. The fraction of sp³-hybridized carbons (Fsp3) is 0.643. The van der Waals surface area contributed by atoms with Crippen LogP contribution in [0.2, 0.25) is 0 Å². The van der Waals surface area contributed by atoms with E-state index in [2.05, 4.69) is 10.6 Å². The number of aryl methyl sites for hydroxylation is 2. The minimum atomic E-state index is 0. The van der Waals surface area contributed by atoms with Gasteiger partial charge in [0.25, 0.3) is 0 Å². The summed E-state index contributed by atoms with van der Waals surface area (Å²) in [5, 5.41) is 6.26. The fourth-order valence-corrected chi connectivity index (χ4v) is 2.30. The van der Waals surface area contributed by atoms with Gasteiger partial charge in [-0.15, -0.1) is 12.4 Å². The third kappa shape index (κ3) is 4.88. The van der Waals surface area contributed by atoms with Gasteiger partial charge in [-0.05, 0) is 51.8 Å². The Bertz CT molecular complexity index is 400. The van der Waals surface area contributed by atoms with Crippen molar-refractivity contribution in [2.75, 3.05) is 6.54 Å². The van der Waals surface area contributed by atoms with Crippen LogP contribution in [0.3, 0.4) is 0 Å². The molecule has 2 heterocycles. The van der Waals surface area contributed by atoms with Gasteiger partial charge in [0.15, 0.2) is 0 Å². The van der Waals surface area contributed by atoms with Crippen molar-refractivity contribution in [3.05, 3.63) is 23.7 Å². The summed E-state index contributed by atoms with van der Waals surface area (Å²) < 4.78 is 5.51. The molecule has 4 nitrogen and oxygen atoms in total. The Morgan fingerprint density at radius 2 is 2.37 bits per heavy atom. The molecule has 108 valence electrons. The molecule has 2 rings (SSSR count). The summed E-state index contributed by atoms with van der Waals surface area (Å²) in [4.78, 5) is 11.9. The summed E-state index contributed by atoms with van der Waals surface area (Å²) in [6.45, 7) is 4.95. The SMILES string of the molecule is Cc1ccc(CCC(C)NC(=O)C2CCCN2)o1.Cl. The van der Waals surface area contributed by atoms with Crippen LogP contribution < -0.4 is 10.6 Å². The first-order chi connectivity index (χ1) is 8.65. The Morgan fingerprint density at radius 1 is 1.58 bits per heavy atom. The van der Waals surface area contributed by atoms with E-state index in [1.54, 1.807) is 0 Å². The summed E-state index contributed by atoms with van der Waals surface area (Å²) in [6.07, 6.45) is 3.83. The van der Waals surface area contributed by atoms with E-state index in [4.69, 9.17) is 4.42 Å². The molecule has 0 radical (unpaired) electrons. The number of halogens is 1. The average Bonchev–Trinajstić information content (AvgIpc) is 2.97. The van der Waals surface area contributed by atoms with Gasteiger partial charge >= 0.3 is 0 Å². The van der Waals surface area contributed by atoms with Gasteiger partial charge in [-0.1, -0.05) is 0 Å². The number of hydrogen-bond acceptors (Lipinski definition) is 3. The molecule has 1 saturated heterocycles. The van der Waals surface area contributed by atoms with E-state index in [-0.39, 0.29) is 30.4 Å². The first-order valence-electron chi connectivity index (χ1n) is 6.74. The lowest BCUT2D eigenvalue weighted by Crippen LogP contribution is -2.44. The summed E-state index contributed by atoms with van der Waals surface area (Å²) in [6, 6.07) is 4.17. The molecule has 1 aromatic rings. The molecule has 19 heavy (non-hydrogen) atoms. The molecule has 0 saturated carbocycles. The van der Waals surface area contributed by atoms with E-state index < -0.39 is 0 Å². The van der Waals surface area contributed by atoms with Crippen LogP contribution in [0.15, 0.2) is 16.5 Å². The van der Waals surface area contributed by atoms with Crippen LogP contribution in [0.5, 0.6) is 0 Å². The lowest BCUT2D eigenvalue weighted by atomic mass is 10.1. The maximum absolute atomic E-state index is 11.9. The molecule has 1 aliphatic heterocycles. The van der Waals surface area contributed by atoms with E-state index in [1.165, 1.54) is 0 Å². The monoisotopic (exact) mass is 286 g/mol. The van der Waals surface area contributed by atoms with Crippen LogP contribution in [0.1, 0.15) is 37.7 Å². The standard InChI is InChI=1S/C14H22N2O2.ClH/c1-10(5-7-12-8-6-11(2)18-12)16-14(17)13-4-3-9-15-13;/h6,8,10,13,15H,3-5,7,9H2,1-2H3,(H,16,17);1H. The minimum Gasteiger partial charge on any atom is -0.466 e. The van der Waals surface area contributed by atoms with Gasteiger partial charge in [0.1, 0.15) is 11.5 Å². The summed E-state index contributed by atoms with van der Waals surface area (Å²) >= 11 is 0. The summed E-state index contributed by atoms with van der Waals surface area (Å²) in [5.74, 6) is 2.07. The predicted octanol–water partition coefficient (Wildman–Crippen LogP) is 2.20. The number of amides is 1. The van der Waals surface area contributed by atoms with Crippen LogP contribution >= 0.6 is 12.4 Å². The van der Waals surface area contributed by atoms with Crippen molar-refractivity contribution in [2.45, 2.75) is 51.6 Å². The minimum absolute atomic E-state index is 0. The highest BCUT2D eigenvalue weighted by Crippen LogP contribution is 2.10. The van der Waals surface area contributed by atoms with E-state index in [0.29, 0.717) is 0 Å². The second-order valence-electron chi connectivity index (χ2n) is 5.11. The second kappa shape index (κ2) is 7.56. The molecule has 5 heteroatoms. The molecule has 0 aliphatic carbocycles. The zero-order valence-corrected chi connectivity index (χ0v) is 12.4. The van der Waals surface area contributed by atoms with Crippen LogP contribution in [0.25, 0.3) is 0 Å². The Morgan fingerprint density at radius 3 is 2.95 bits per heavy atom. The predicted molar refractivity (Wildman–Crippen MR) is 77.6 cm³/mol. The highest BCUT2D eigenvalue weighted by Gasteiger charge is 2.22. The summed E-state index contributed by atoms with van der Waals surface area (Å²) in [5.41, 5.74) is 0. The van der Waals surface area contributed by atoms with Crippen LogP contribution in [0, 0.1) is 6.92 Å².